The monoisotopic (exact) mass is 388 g/mol. The summed E-state index contributed by atoms with van der Waals surface area (Å²) in [5.41, 5.74) is -0.544. The highest BCUT2D eigenvalue weighted by Gasteiger charge is 2.35. The zero-order valence-electron chi connectivity index (χ0n) is 12.1. The maximum Gasteiger partial charge on any atom is 0.337 e. The highest BCUT2D eigenvalue weighted by atomic mass is 79.9. The van der Waals surface area contributed by atoms with Crippen molar-refractivity contribution in [2.45, 2.75) is 0 Å². The molecule has 0 unspecified atom stereocenters. The van der Waals surface area contributed by atoms with Crippen molar-refractivity contribution in [2.24, 2.45) is 0 Å². The van der Waals surface area contributed by atoms with Crippen molar-refractivity contribution in [1.82, 2.24) is 4.90 Å². The molecule has 1 aliphatic heterocycles. The molecule has 1 aromatic rings. The van der Waals surface area contributed by atoms with Crippen LogP contribution < -0.4 is 5.32 Å². The first-order chi connectivity index (χ1) is 10.9. The second-order valence-corrected chi connectivity index (χ2v) is 5.53. The summed E-state index contributed by atoms with van der Waals surface area (Å²) in [7, 11) is 1.16. The lowest BCUT2D eigenvalue weighted by molar-refractivity contribution is -0.136. The van der Waals surface area contributed by atoms with E-state index in [0.717, 1.165) is 13.2 Å². The van der Waals surface area contributed by atoms with Crippen molar-refractivity contribution >= 4 is 33.5 Å². The quantitative estimate of drug-likeness (QED) is 0.513. The van der Waals surface area contributed by atoms with E-state index >= 15 is 0 Å². The molecule has 0 saturated carbocycles. The minimum Gasteiger partial charge on any atom is -0.505 e. The number of esters is 1. The Balaban J connectivity index is 2.43. The predicted molar refractivity (Wildman–Crippen MR) is 82.1 cm³/mol. The standard InChI is InChI=1S/C14H14BrFN2O5/c1-23-14(22)7-6-18(4-5-19)13(21)10(7)17-11-9(16)3-2-8(15)12(11)20/h2-3,17,19-20H,4-6H2,1H3. The molecule has 2 rings (SSSR count). The number of carbonyl (C=O) groups excluding carboxylic acids is 2. The van der Waals surface area contributed by atoms with Gasteiger partial charge in [0, 0.05) is 6.54 Å². The molecule has 1 aromatic carbocycles. The second kappa shape index (κ2) is 6.97. The molecule has 1 amide bonds. The van der Waals surface area contributed by atoms with Crippen LogP contribution in [0.3, 0.4) is 0 Å². The number of hydrogen-bond donors (Lipinski definition) is 3. The first-order valence-electron chi connectivity index (χ1n) is 6.56. The van der Waals surface area contributed by atoms with Gasteiger partial charge in [0.05, 0.1) is 30.3 Å². The smallest absolute Gasteiger partial charge is 0.337 e. The van der Waals surface area contributed by atoms with Gasteiger partial charge in [0.25, 0.3) is 5.91 Å². The number of nitrogens with one attached hydrogen (secondary N) is 1. The van der Waals surface area contributed by atoms with Gasteiger partial charge >= 0.3 is 5.97 Å². The van der Waals surface area contributed by atoms with E-state index in [4.69, 9.17) is 5.11 Å². The summed E-state index contributed by atoms with van der Waals surface area (Å²) >= 11 is 3.05. The zero-order chi connectivity index (χ0) is 17.1. The third kappa shape index (κ3) is 3.30. The van der Waals surface area contributed by atoms with Crippen LogP contribution in [0.5, 0.6) is 5.75 Å². The number of rotatable bonds is 5. The molecule has 1 heterocycles. The number of aliphatic hydroxyl groups excluding tert-OH is 1. The maximum atomic E-state index is 13.9. The number of hydrogen-bond acceptors (Lipinski definition) is 6. The van der Waals surface area contributed by atoms with Gasteiger partial charge in [0.15, 0.2) is 11.6 Å². The number of amides is 1. The fraction of sp³-hybridized carbons (Fsp3) is 0.286. The SMILES string of the molecule is COC(=O)C1=C(Nc2c(F)ccc(Br)c2O)C(=O)N(CCO)C1. The van der Waals surface area contributed by atoms with Crippen LogP contribution in [-0.2, 0) is 14.3 Å². The topological polar surface area (TPSA) is 99.1 Å². The van der Waals surface area contributed by atoms with E-state index in [0.29, 0.717) is 0 Å². The van der Waals surface area contributed by atoms with Gasteiger partial charge in [-0.25, -0.2) is 9.18 Å². The van der Waals surface area contributed by atoms with Crippen LogP contribution in [0.25, 0.3) is 0 Å². The molecular weight excluding hydrogens is 375 g/mol. The number of phenolic OH excluding ortho intramolecular Hbond substituents is 1. The molecule has 3 N–H and O–H groups in total. The van der Waals surface area contributed by atoms with Crippen molar-refractivity contribution in [1.29, 1.82) is 0 Å². The summed E-state index contributed by atoms with van der Waals surface area (Å²) in [6, 6.07) is 2.40. The van der Waals surface area contributed by atoms with Gasteiger partial charge in [-0.15, -0.1) is 0 Å². The Labute approximate surface area is 139 Å². The van der Waals surface area contributed by atoms with Crippen LogP contribution in [0.1, 0.15) is 0 Å². The molecule has 23 heavy (non-hydrogen) atoms. The van der Waals surface area contributed by atoms with E-state index in [1.165, 1.54) is 11.0 Å². The Kier molecular flexibility index (Phi) is 5.22. The molecule has 9 heteroatoms. The highest BCUT2D eigenvalue weighted by Crippen LogP contribution is 2.36. The summed E-state index contributed by atoms with van der Waals surface area (Å²) in [5, 5.41) is 21.4. The van der Waals surface area contributed by atoms with Gasteiger partial charge in [0.1, 0.15) is 11.4 Å². The van der Waals surface area contributed by atoms with Crippen LogP contribution in [0, 0.1) is 5.82 Å². The fourth-order valence-electron chi connectivity index (χ4n) is 2.13. The van der Waals surface area contributed by atoms with Crippen molar-refractivity contribution in [3.05, 3.63) is 33.7 Å². The second-order valence-electron chi connectivity index (χ2n) is 4.67. The number of benzene rings is 1. The highest BCUT2D eigenvalue weighted by molar-refractivity contribution is 9.10. The molecule has 0 aromatic heterocycles. The minimum absolute atomic E-state index is 0.00951. The molecule has 0 fully saturated rings. The lowest BCUT2D eigenvalue weighted by Gasteiger charge is -2.15. The van der Waals surface area contributed by atoms with Gasteiger partial charge < -0.3 is 25.2 Å². The van der Waals surface area contributed by atoms with Crippen molar-refractivity contribution in [3.63, 3.8) is 0 Å². The normalized spacial score (nSPS) is 14.4. The summed E-state index contributed by atoms with van der Waals surface area (Å²) in [6.07, 6.45) is 0. The number of β-amino-alcohol motifs (C(OH)–C–C–N with tert-alkyl or cyclic N) is 1. The number of methoxy groups -OCH3 is 1. The lowest BCUT2D eigenvalue weighted by Crippen LogP contribution is -2.31. The Morgan fingerprint density at radius 3 is 2.83 bits per heavy atom. The number of aliphatic hydroxyl groups is 1. The summed E-state index contributed by atoms with van der Waals surface area (Å²) in [4.78, 5) is 25.3. The molecule has 1 aliphatic rings. The van der Waals surface area contributed by atoms with Crippen LogP contribution >= 0.6 is 15.9 Å². The average Bonchev–Trinajstić information content (AvgIpc) is 2.84. The fourth-order valence-corrected chi connectivity index (χ4v) is 2.46. The Bertz CT molecular complexity index is 692. The van der Waals surface area contributed by atoms with E-state index in [2.05, 4.69) is 26.0 Å². The zero-order valence-corrected chi connectivity index (χ0v) is 13.7. The van der Waals surface area contributed by atoms with Crippen molar-refractivity contribution < 1.29 is 28.9 Å². The van der Waals surface area contributed by atoms with E-state index < -0.39 is 23.4 Å². The van der Waals surface area contributed by atoms with Crippen molar-refractivity contribution in [2.75, 3.05) is 32.1 Å². The van der Waals surface area contributed by atoms with E-state index in [-0.39, 0.29) is 41.1 Å². The van der Waals surface area contributed by atoms with Crippen LogP contribution in [-0.4, -0.2) is 53.8 Å². The van der Waals surface area contributed by atoms with Gasteiger partial charge in [0.2, 0.25) is 0 Å². The summed E-state index contributed by atoms with van der Waals surface area (Å²) < 4.78 is 18.8. The number of halogens is 2. The van der Waals surface area contributed by atoms with E-state index in [9.17, 15) is 19.1 Å². The van der Waals surface area contributed by atoms with E-state index in [1.54, 1.807) is 0 Å². The number of nitrogens with zero attached hydrogens (tertiary/aromatic N) is 1. The molecule has 0 atom stereocenters. The molecule has 0 saturated heterocycles. The molecule has 0 radical (unpaired) electrons. The van der Waals surface area contributed by atoms with E-state index in [1.807, 2.05) is 0 Å². The average molecular weight is 389 g/mol. The Morgan fingerprint density at radius 2 is 2.22 bits per heavy atom. The Morgan fingerprint density at radius 1 is 1.52 bits per heavy atom. The third-order valence-corrected chi connectivity index (χ3v) is 3.92. The molecule has 7 nitrogen and oxygen atoms in total. The first kappa shape index (κ1) is 17.2. The van der Waals surface area contributed by atoms with Crippen LogP contribution in [0.4, 0.5) is 10.1 Å². The third-order valence-electron chi connectivity index (χ3n) is 3.28. The summed E-state index contributed by atoms with van der Waals surface area (Å²) in [5.74, 6) is -2.58. The number of ether oxygens (including phenoxy) is 1. The Hall–Kier alpha value is -2.13. The van der Waals surface area contributed by atoms with Gasteiger partial charge in [-0.1, -0.05) is 0 Å². The molecule has 0 bridgehead atoms. The van der Waals surface area contributed by atoms with Crippen LogP contribution in [0.15, 0.2) is 27.9 Å². The minimum atomic E-state index is -0.796. The van der Waals surface area contributed by atoms with Gasteiger partial charge in [-0.3, -0.25) is 4.79 Å². The first-order valence-corrected chi connectivity index (χ1v) is 7.35. The number of aromatic hydroxyl groups is 1. The summed E-state index contributed by atoms with van der Waals surface area (Å²) in [6.45, 7) is -0.355. The van der Waals surface area contributed by atoms with Gasteiger partial charge in [-0.05, 0) is 28.1 Å². The molecular formula is C14H14BrFN2O5. The maximum absolute atomic E-state index is 13.9. The molecule has 124 valence electrons. The predicted octanol–water partition coefficient (Wildman–Crippen LogP) is 0.967. The molecule has 0 aliphatic carbocycles. The van der Waals surface area contributed by atoms with Crippen molar-refractivity contribution in [3.8, 4) is 5.75 Å². The van der Waals surface area contributed by atoms with Crippen LogP contribution in [0.2, 0.25) is 0 Å². The lowest BCUT2D eigenvalue weighted by atomic mass is 10.2. The largest absolute Gasteiger partial charge is 0.505 e. The van der Waals surface area contributed by atoms with Gasteiger partial charge in [-0.2, -0.15) is 0 Å². The number of phenols is 1. The number of anilines is 1. The molecule has 0 spiro atoms. The number of carbonyl (C=O) groups is 2.